The van der Waals surface area contributed by atoms with E-state index in [1.807, 2.05) is 6.07 Å². The first-order chi connectivity index (χ1) is 8.17. The molecule has 0 spiro atoms. The maximum Gasteiger partial charge on any atom is 0.186 e. The number of aliphatic imine (C=N–C) groups is 1. The molecule has 0 aliphatic rings. The van der Waals surface area contributed by atoms with E-state index in [-0.39, 0.29) is 29.9 Å². The molecular formula is C13H23IN4. The zero-order valence-corrected chi connectivity index (χ0v) is 13.4. The van der Waals surface area contributed by atoms with Gasteiger partial charge in [-0.25, -0.2) is 4.99 Å². The van der Waals surface area contributed by atoms with Crippen molar-refractivity contribution in [2.24, 2.45) is 16.5 Å². The normalized spacial score (nSPS) is 9.94. The largest absolute Gasteiger partial charge is 0.370 e. The molecule has 1 aromatic carbocycles. The number of hydrogen-bond acceptors (Lipinski definition) is 2. The van der Waals surface area contributed by atoms with Crippen LogP contribution in [0.1, 0.15) is 25.0 Å². The molecule has 5 heteroatoms. The summed E-state index contributed by atoms with van der Waals surface area (Å²) in [6.45, 7) is 7.94. The molecule has 0 bridgehead atoms. The molecule has 0 aromatic heterocycles. The van der Waals surface area contributed by atoms with E-state index in [4.69, 9.17) is 11.5 Å². The Morgan fingerprint density at radius 1 is 1.11 bits per heavy atom. The van der Waals surface area contributed by atoms with Gasteiger partial charge in [-0.2, -0.15) is 0 Å². The van der Waals surface area contributed by atoms with Crippen LogP contribution < -0.4 is 11.5 Å². The van der Waals surface area contributed by atoms with Gasteiger partial charge in [0.1, 0.15) is 0 Å². The summed E-state index contributed by atoms with van der Waals surface area (Å²) < 4.78 is 0. The van der Waals surface area contributed by atoms with Crippen molar-refractivity contribution in [1.29, 1.82) is 0 Å². The van der Waals surface area contributed by atoms with Crippen molar-refractivity contribution in [3.63, 3.8) is 0 Å². The van der Waals surface area contributed by atoms with Gasteiger partial charge in [0.2, 0.25) is 0 Å². The maximum atomic E-state index is 5.36. The van der Waals surface area contributed by atoms with Gasteiger partial charge in [0.25, 0.3) is 0 Å². The smallest absolute Gasteiger partial charge is 0.186 e. The van der Waals surface area contributed by atoms with Crippen molar-refractivity contribution >= 4 is 29.9 Å². The van der Waals surface area contributed by atoms with Crippen LogP contribution in [0.2, 0.25) is 0 Å². The molecule has 0 aliphatic carbocycles. The molecule has 0 unspecified atom stereocenters. The topological polar surface area (TPSA) is 67.6 Å². The van der Waals surface area contributed by atoms with Crippen LogP contribution in [0.25, 0.3) is 0 Å². The Morgan fingerprint density at radius 3 is 2.17 bits per heavy atom. The third kappa shape index (κ3) is 5.68. The number of hydrogen-bond donors (Lipinski definition) is 2. The molecule has 0 amide bonds. The third-order valence-corrected chi connectivity index (χ3v) is 2.84. The molecule has 4 nitrogen and oxygen atoms in total. The highest BCUT2D eigenvalue weighted by molar-refractivity contribution is 14.0. The Bertz CT molecular complexity index is 371. The predicted molar refractivity (Wildman–Crippen MR) is 88.0 cm³/mol. The van der Waals surface area contributed by atoms with Gasteiger partial charge in [0.15, 0.2) is 5.96 Å². The molecule has 1 aromatic rings. The summed E-state index contributed by atoms with van der Waals surface area (Å²) in [5.74, 6) is 0.141. The molecule has 0 aliphatic heterocycles. The molecule has 102 valence electrons. The van der Waals surface area contributed by atoms with Crippen LogP contribution in [0.3, 0.4) is 0 Å². The Labute approximate surface area is 126 Å². The summed E-state index contributed by atoms with van der Waals surface area (Å²) in [6, 6.07) is 8.28. The number of guanidine groups is 1. The van der Waals surface area contributed by atoms with Crippen LogP contribution in [0.15, 0.2) is 29.3 Å². The van der Waals surface area contributed by atoms with Gasteiger partial charge in [-0.3, -0.25) is 4.90 Å². The SMILES string of the molecule is CCN(CC)Cc1ccccc1CN=C(N)N.I. The molecule has 4 N–H and O–H groups in total. The Kier molecular flexibility index (Phi) is 8.74. The van der Waals surface area contributed by atoms with Gasteiger partial charge in [0, 0.05) is 6.54 Å². The molecule has 0 atom stereocenters. The van der Waals surface area contributed by atoms with E-state index in [0.29, 0.717) is 6.54 Å². The highest BCUT2D eigenvalue weighted by Gasteiger charge is 2.05. The third-order valence-electron chi connectivity index (χ3n) is 2.84. The first kappa shape index (κ1) is 17.2. The molecule has 18 heavy (non-hydrogen) atoms. The maximum absolute atomic E-state index is 5.36. The average molecular weight is 362 g/mol. The van der Waals surface area contributed by atoms with Crippen molar-refractivity contribution in [3.8, 4) is 0 Å². The molecular weight excluding hydrogens is 339 g/mol. The number of rotatable bonds is 6. The van der Waals surface area contributed by atoms with E-state index < -0.39 is 0 Å². The van der Waals surface area contributed by atoms with E-state index in [1.165, 1.54) is 11.1 Å². The fraction of sp³-hybridized carbons (Fsp3) is 0.462. The van der Waals surface area contributed by atoms with Crippen molar-refractivity contribution in [1.82, 2.24) is 4.90 Å². The molecule has 0 saturated carbocycles. The zero-order valence-electron chi connectivity index (χ0n) is 11.1. The fourth-order valence-corrected chi connectivity index (χ4v) is 1.73. The summed E-state index contributed by atoms with van der Waals surface area (Å²) in [5.41, 5.74) is 13.2. The van der Waals surface area contributed by atoms with Crippen LogP contribution in [-0.4, -0.2) is 23.9 Å². The van der Waals surface area contributed by atoms with Gasteiger partial charge in [0.05, 0.1) is 6.54 Å². The van der Waals surface area contributed by atoms with Crippen LogP contribution in [-0.2, 0) is 13.1 Å². The Hall–Kier alpha value is -0.820. The van der Waals surface area contributed by atoms with Crippen molar-refractivity contribution in [3.05, 3.63) is 35.4 Å². The number of nitrogens with two attached hydrogens (primary N) is 2. The minimum Gasteiger partial charge on any atom is -0.370 e. The second-order valence-corrected chi connectivity index (χ2v) is 3.97. The standard InChI is InChI=1S/C13H22N4.HI/c1-3-17(4-2)10-12-8-6-5-7-11(12)9-16-13(14)15;/h5-8H,3-4,9-10H2,1-2H3,(H4,14,15,16);1H. The highest BCUT2D eigenvalue weighted by atomic mass is 127. The minimum absolute atomic E-state index is 0. The summed E-state index contributed by atoms with van der Waals surface area (Å²) in [5, 5.41) is 0. The van der Waals surface area contributed by atoms with Crippen LogP contribution in [0, 0.1) is 0 Å². The van der Waals surface area contributed by atoms with Gasteiger partial charge in [-0.05, 0) is 24.2 Å². The Balaban J connectivity index is 0.00000289. The molecule has 0 heterocycles. The lowest BCUT2D eigenvalue weighted by Crippen LogP contribution is -2.24. The van der Waals surface area contributed by atoms with Crippen LogP contribution in [0.5, 0.6) is 0 Å². The van der Waals surface area contributed by atoms with Crippen LogP contribution in [0.4, 0.5) is 0 Å². The van der Waals surface area contributed by atoms with E-state index >= 15 is 0 Å². The first-order valence-electron chi connectivity index (χ1n) is 6.01. The predicted octanol–water partition coefficient (Wildman–Crippen LogP) is 1.92. The minimum atomic E-state index is 0. The van der Waals surface area contributed by atoms with Crippen molar-refractivity contribution < 1.29 is 0 Å². The fourth-order valence-electron chi connectivity index (χ4n) is 1.73. The molecule has 0 saturated heterocycles. The summed E-state index contributed by atoms with van der Waals surface area (Å²) >= 11 is 0. The van der Waals surface area contributed by atoms with Gasteiger partial charge >= 0.3 is 0 Å². The summed E-state index contributed by atoms with van der Waals surface area (Å²) in [6.07, 6.45) is 0. The zero-order chi connectivity index (χ0) is 12.7. The first-order valence-corrected chi connectivity index (χ1v) is 6.01. The second-order valence-electron chi connectivity index (χ2n) is 3.97. The summed E-state index contributed by atoms with van der Waals surface area (Å²) in [7, 11) is 0. The molecule has 0 radical (unpaired) electrons. The quantitative estimate of drug-likeness (QED) is 0.462. The summed E-state index contributed by atoms with van der Waals surface area (Å²) in [4.78, 5) is 6.44. The highest BCUT2D eigenvalue weighted by Crippen LogP contribution is 2.12. The van der Waals surface area contributed by atoms with E-state index in [2.05, 4.69) is 41.9 Å². The number of benzene rings is 1. The lowest BCUT2D eigenvalue weighted by atomic mass is 10.1. The van der Waals surface area contributed by atoms with Crippen LogP contribution >= 0.6 is 24.0 Å². The second kappa shape index (κ2) is 9.16. The lowest BCUT2D eigenvalue weighted by Gasteiger charge is -2.19. The van der Waals surface area contributed by atoms with Crippen molar-refractivity contribution in [2.45, 2.75) is 26.9 Å². The lowest BCUT2D eigenvalue weighted by molar-refractivity contribution is 0.295. The number of nitrogens with zero attached hydrogens (tertiary/aromatic N) is 2. The monoisotopic (exact) mass is 362 g/mol. The average Bonchev–Trinajstić information content (AvgIpc) is 2.34. The van der Waals surface area contributed by atoms with E-state index in [1.54, 1.807) is 0 Å². The Morgan fingerprint density at radius 2 is 1.67 bits per heavy atom. The van der Waals surface area contributed by atoms with Gasteiger partial charge in [-0.15, -0.1) is 24.0 Å². The van der Waals surface area contributed by atoms with Gasteiger partial charge in [-0.1, -0.05) is 38.1 Å². The van der Waals surface area contributed by atoms with E-state index in [0.717, 1.165) is 19.6 Å². The van der Waals surface area contributed by atoms with E-state index in [9.17, 15) is 0 Å². The number of halogens is 1. The molecule has 0 fully saturated rings. The molecule has 1 rings (SSSR count). The van der Waals surface area contributed by atoms with Crippen molar-refractivity contribution in [2.75, 3.05) is 13.1 Å². The van der Waals surface area contributed by atoms with Gasteiger partial charge < -0.3 is 11.5 Å².